The van der Waals surface area contributed by atoms with Crippen LogP contribution in [-0.4, -0.2) is 47.7 Å². The molecule has 0 saturated carbocycles. The second-order valence-electron chi connectivity index (χ2n) is 6.99. The zero-order valence-electron chi connectivity index (χ0n) is 14.2. The first kappa shape index (κ1) is 17.4. The number of hydrogen-bond donors (Lipinski definition) is 1. The topological polar surface area (TPSA) is 80.0 Å². The molecule has 3 heterocycles. The van der Waals surface area contributed by atoms with Crippen molar-refractivity contribution in [3.05, 3.63) is 35.0 Å². The first-order valence-corrected chi connectivity index (χ1v) is 9.23. The molecule has 2 fully saturated rings. The van der Waals surface area contributed by atoms with E-state index in [-0.39, 0.29) is 17.9 Å². The molecule has 1 unspecified atom stereocenters. The van der Waals surface area contributed by atoms with Crippen LogP contribution in [0.25, 0.3) is 11.0 Å². The van der Waals surface area contributed by atoms with Crippen molar-refractivity contribution in [3.8, 4) is 0 Å². The summed E-state index contributed by atoms with van der Waals surface area (Å²) in [5.74, 6) is -0.870. The van der Waals surface area contributed by atoms with Crippen LogP contribution in [0.15, 0.2) is 28.7 Å². The zero-order valence-corrected chi connectivity index (χ0v) is 14.9. The van der Waals surface area contributed by atoms with Gasteiger partial charge in [0.25, 0.3) is 5.91 Å². The van der Waals surface area contributed by atoms with Crippen LogP contribution >= 0.6 is 11.6 Å². The maximum absolute atomic E-state index is 12.7. The maximum Gasteiger partial charge on any atom is 0.309 e. The highest BCUT2D eigenvalue weighted by Crippen LogP contribution is 2.34. The standard InChI is InChI=1S/C19H20ClNO5/c20-13-1-2-15-12(9-13)10-16(26-15)18(22)21-6-3-11(4-7-21)17-14(19(23)24)5-8-25-17/h1-2,9-11,14,17H,3-8H2,(H,23,24)/t14?,17-/m0/s1. The van der Waals surface area contributed by atoms with E-state index in [0.717, 1.165) is 18.2 Å². The third-order valence-corrected chi connectivity index (χ3v) is 5.67. The van der Waals surface area contributed by atoms with E-state index in [4.69, 9.17) is 20.8 Å². The molecule has 2 atom stereocenters. The van der Waals surface area contributed by atoms with Gasteiger partial charge in [0.2, 0.25) is 0 Å². The van der Waals surface area contributed by atoms with Gasteiger partial charge in [0.05, 0.1) is 12.0 Å². The Hall–Kier alpha value is -2.05. The Labute approximate surface area is 155 Å². The number of carbonyl (C=O) groups is 2. The quantitative estimate of drug-likeness (QED) is 0.886. The molecule has 2 aliphatic heterocycles. The fourth-order valence-corrected chi connectivity index (χ4v) is 4.23. The number of benzene rings is 1. The van der Waals surface area contributed by atoms with Gasteiger partial charge in [0, 0.05) is 30.1 Å². The van der Waals surface area contributed by atoms with Gasteiger partial charge < -0.3 is 19.2 Å². The number of piperidine rings is 1. The summed E-state index contributed by atoms with van der Waals surface area (Å²) in [5.41, 5.74) is 0.635. The summed E-state index contributed by atoms with van der Waals surface area (Å²) in [5, 5.41) is 10.7. The lowest BCUT2D eigenvalue weighted by atomic mass is 9.84. The summed E-state index contributed by atoms with van der Waals surface area (Å²) in [6, 6.07) is 6.97. The summed E-state index contributed by atoms with van der Waals surface area (Å²) < 4.78 is 11.3. The van der Waals surface area contributed by atoms with Gasteiger partial charge in [-0.2, -0.15) is 0 Å². The van der Waals surface area contributed by atoms with Crippen LogP contribution in [0.5, 0.6) is 0 Å². The minimum Gasteiger partial charge on any atom is -0.481 e. The number of halogens is 1. The van der Waals surface area contributed by atoms with Crippen LogP contribution in [0.4, 0.5) is 0 Å². The molecule has 1 aromatic carbocycles. The molecule has 2 aromatic rings. The number of rotatable bonds is 3. The van der Waals surface area contributed by atoms with E-state index < -0.39 is 11.9 Å². The summed E-state index contributed by atoms with van der Waals surface area (Å²) in [4.78, 5) is 25.8. The lowest BCUT2D eigenvalue weighted by Gasteiger charge is -2.35. The molecule has 0 radical (unpaired) electrons. The van der Waals surface area contributed by atoms with Gasteiger partial charge in [-0.05, 0) is 49.4 Å². The molecule has 26 heavy (non-hydrogen) atoms. The molecular weight excluding hydrogens is 358 g/mol. The van der Waals surface area contributed by atoms with Crippen LogP contribution in [0, 0.1) is 11.8 Å². The Bertz CT molecular complexity index is 840. The summed E-state index contributed by atoms with van der Waals surface area (Å²) in [6.45, 7) is 1.66. The van der Waals surface area contributed by atoms with E-state index in [1.165, 1.54) is 0 Å². The molecular formula is C19H20ClNO5. The fraction of sp³-hybridized carbons (Fsp3) is 0.474. The van der Waals surface area contributed by atoms with Crippen molar-refractivity contribution in [3.63, 3.8) is 0 Å². The number of carbonyl (C=O) groups excluding carboxylic acids is 1. The number of furan rings is 1. The Morgan fingerprint density at radius 2 is 1.92 bits per heavy atom. The van der Waals surface area contributed by atoms with Gasteiger partial charge in [0.1, 0.15) is 5.58 Å². The second kappa shape index (κ2) is 6.93. The first-order valence-electron chi connectivity index (χ1n) is 8.85. The largest absolute Gasteiger partial charge is 0.481 e. The summed E-state index contributed by atoms with van der Waals surface area (Å²) in [7, 11) is 0. The first-order chi connectivity index (χ1) is 12.5. The number of carboxylic acids is 1. The van der Waals surface area contributed by atoms with Crippen LogP contribution in [0.3, 0.4) is 0 Å². The monoisotopic (exact) mass is 377 g/mol. The van der Waals surface area contributed by atoms with Gasteiger partial charge in [0.15, 0.2) is 5.76 Å². The van der Waals surface area contributed by atoms with Crippen molar-refractivity contribution in [2.75, 3.05) is 19.7 Å². The van der Waals surface area contributed by atoms with Gasteiger partial charge in [-0.15, -0.1) is 0 Å². The summed E-state index contributed by atoms with van der Waals surface area (Å²) >= 11 is 5.98. The molecule has 0 bridgehead atoms. The second-order valence-corrected chi connectivity index (χ2v) is 7.43. The molecule has 1 aromatic heterocycles. The predicted octanol–water partition coefficient (Wildman–Crippen LogP) is 3.43. The highest BCUT2D eigenvalue weighted by Gasteiger charge is 2.41. The third-order valence-electron chi connectivity index (χ3n) is 5.43. The minimum atomic E-state index is -0.785. The van der Waals surface area contributed by atoms with E-state index >= 15 is 0 Å². The van der Waals surface area contributed by atoms with Gasteiger partial charge >= 0.3 is 5.97 Å². The molecule has 1 amide bonds. The van der Waals surface area contributed by atoms with Crippen LogP contribution < -0.4 is 0 Å². The molecule has 2 saturated heterocycles. The smallest absolute Gasteiger partial charge is 0.309 e. The Balaban J connectivity index is 1.42. The number of carboxylic acid groups (broad SMARTS) is 1. The minimum absolute atomic E-state index is 0.141. The van der Waals surface area contributed by atoms with E-state index in [0.29, 0.717) is 42.5 Å². The summed E-state index contributed by atoms with van der Waals surface area (Å²) in [6.07, 6.45) is 1.82. The average Bonchev–Trinajstić information content (AvgIpc) is 3.28. The van der Waals surface area contributed by atoms with Crippen molar-refractivity contribution < 1.29 is 23.8 Å². The van der Waals surface area contributed by atoms with Gasteiger partial charge in [-0.1, -0.05) is 11.6 Å². The zero-order chi connectivity index (χ0) is 18.3. The molecule has 2 aliphatic rings. The van der Waals surface area contributed by atoms with E-state index in [1.807, 2.05) is 0 Å². The highest BCUT2D eigenvalue weighted by atomic mass is 35.5. The number of nitrogens with zero attached hydrogens (tertiary/aromatic N) is 1. The maximum atomic E-state index is 12.7. The SMILES string of the molecule is O=C(O)C1CCO[C@H]1C1CCN(C(=O)c2cc3cc(Cl)ccc3o2)CC1. The molecule has 138 valence electrons. The van der Waals surface area contributed by atoms with Gasteiger partial charge in [-0.25, -0.2) is 0 Å². The number of likely N-dealkylation sites (tertiary alicyclic amines) is 1. The van der Waals surface area contributed by atoms with Crippen molar-refractivity contribution in [2.45, 2.75) is 25.4 Å². The lowest BCUT2D eigenvalue weighted by molar-refractivity contribution is -0.145. The number of aliphatic carboxylic acids is 1. The average molecular weight is 378 g/mol. The third kappa shape index (κ3) is 3.19. The Morgan fingerprint density at radius 1 is 1.15 bits per heavy atom. The number of amides is 1. The van der Waals surface area contributed by atoms with Gasteiger partial charge in [-0.3, -0.25) is 9.59 Å². The van der Waals surface area contributed by atoms with Crippen molar-refractivity contribution in [2.24, 2.45) is 11.8 Å². The number of fused-ring (bicyclic) bond motifs is 1. The van der Waals surface area contributed by atoms with Crippen LogP contribution in [0.1, 0.15) is 29.8 Å². The predicted molar refractivity (Wildman–Crippen MR) is 95.3 cm³/mol. The highest BCUT2D eigenvalue weighted by molar-refractivity contribution is 6.31. The molecule has 0 spiro atoms. The molecule has 4 rings (SSSR count). The lowest BCUT2D eigenvalue weighted by Crippen LogP contribution is -2.43. The van der Waals surface area contributed by atoms with Crippen LogP contribution in [-0.2, 0) is 9.53 Å². The molecule has 6 nitrogen and oxygen atoms in total. The molecule has 1 N–H and O–H groups in total. The Morgan fingerprint density at radius 3 is 2.65 bits per heavy atom. The normalized spacial score (nSPS) is 24.3. The van der Waals surface area contributed by atoms with E-state index in [1.54, 1.807) is 29.2 Å². The van der Waals surface area contributed by atoms with E-state index in [2.05, 4.69) is 0 Å². The van der Waals surface area contributed by atoms with Crippen molar-refractivity contribution >= 4 is 34.4 Å². The number of hydrogen-bond acceptors (Lipinski definition) is 4. The van der Waals surface area contributed by atoms with Crippen LogP contribution in [0.2, 0.25) is 5.02 Å². The molecule has 7 heteroatoms. The fourth-order valence-electron chi connectivity index (χ4n) is 4.05. The van der Waals surface area contributed by atoms with Crippen molar-refractivity contribution in [1.29, 1.82) is 0 Å². The molecule has 0 aliphatic carbocycles. The number of ether oxygens (including phenoxy) is 1. The van der Waals surface area contributed by atoms with E-state index in [9.17, 15) is 14.7 Å². The van der Waals surface area contributed by atoms with Crippen molar-refractivity contribution in [1.82, 2.24) is 4.90 Å². The Kier molecular flexibility index (Phi) is 4.63.